The quantitative estimate of drug-likeness (QED) is 0.625. The molecule has 2 aliphatic rings. The van der Waals surface area contributed by atoms with Gasteiger partial charge in [0.2, 0.25) is 0 Å². The van der Waals surface area contributed by atoms with Crippen molar-refractivity contribution < 1.29 is 9.84 Å². The van der Waals surface area contributed by atoms with Crippen LogP contribution >= 0.6 is 0 Å². The summed E-state index contributed by atoms with van der Waals surface area (Å²) >= 11 is 0. The molecule has 1 aliphatic heterocycles. The maximum absolute atomic E-state index is 9.64. The molecule has 2 heteroatoms. The van der Waals surface area contributed by atoms with E-state index in [0.29, 0.717) is 0 Å². The van der Waals surface area contributed by atoms with Crippen molar-refractivity contribution >= 4 is 0 Å². The van der Waals surface area contributed by atoms with Gasteiger partial charge in [-0.1, -0.05) is 25.7 Å². The average Bonchev–Trinajstić information content (AvgIpc) is 2.31. The molecule has 0 aromatic heterocycles. The van der Waals surface area contributed by atoms with Crippen LogP contribution in [0, 0.1) is 0 Å². The van der Waals surface area contributed by atoms with Crippen LogP contribution in [0.15, 0.2) is 0 Å². The van der Waals surface area contributed by atoms with Gasteiger partial charge in [-0.3, -0.25) is 0 Å². The van der Waals surface area contributed by atoms with Gasteiger partial charge in [-0.25, -0.2) is 0 Å². The fraction of sp³-hybridized carbons (Fsp3) is 1.00. The molecule has 1 spiro atoms. The van der Waals surface area contributed by atoms with Crippen molar-refractivity contribution in [2.45, 2.75) is 63.1 Å². The number of aliphatic hydroxyl groups excluding tert-OH is 1. The average molecular weight is 184 g/mol. The standard InChI is InChI=1S/C11H20O2/c12-10-5-8-13-11(9-10)6-3-1-2-4-7-11/h10,12H,1-9H2. The number of hydrogen-bond donors (Lipinski definition) is 1. The van der Waals surface area contributed by atoms with Crippen molar-refractivity contribution in [1.82, 2.24) is 0 Å². The number of hydrogen-bond acceptors (Lipinski definition) is 2. The highest BCUT2D eigenvalue weighted by Gasteiger charge is 2.36. The fourth-order valence-corrected chi connectivity index (χ4v) is 2.72. The summed E-state index contributed by atoms with van der Waals surface area (Å²) in [6, 6.07) is 0. The third-order valence-corrected chi connectivity index (χ3v) is 3.48. The normalized spacial score (nSPS) is 34.4. The molecule has 1 saturated heterocycles. The molecule has 1 N–H and O–H groups in total. The van der Waals surface area contributed by atoms with E-state index in [9.17, 15) is 5.11 Å². The van der Waals surface area contributed by atoms with E-state index >= 15 is 0 Å². The molecule has 0 aromatic carbocycles. The van der Waals surface area contributed by atoms with E-state index in [0.717, 1.165) is 19.4 Å². The minimum Gasteiger partial charge on any atom is -0.393 e. The summed E-state index contributed by atoms with van der Waals surface area (Å²) in [5.74, 6) is 0. The molecule has 2 fully saturated rings. The summed E-state index contributed by atoms with van der Waals surface area (Å²) in [6.07, 6.45) is 9.22. The molecule has 1 aliphatic carbocycles. The van der Waals surface area contributed by atoms with Gasteiger partial charge in [-0.2, -0.15) is 0 Å². The van der Waals surface area contributed by atoms with E-state index in [1.54, 1.807) is 0 Å². The Hall–Kier alpha value is -0.0800. The first kappa shape index (κ1) is 9.47. The van der Waals surface area contributed by atoms with Gasteiger partial charge in [0.05, 0.1) is 11.7 Å². The van der Waals surface area contributed by atoms with Crippen molar-refractivity contribution in [1.29, 1.82) is 0 Å². The summed E-state index contributed by atoms with van der Waals surface area (Å²) in [5.41, 5.74) is 0.0637. The molecule has 2 nitrogen and oxygen atoms in total. The maximum Gasteiger partial charge on any atom is 0.0707 e. The maximum atomic E-state index is 9.64. The van der Waals surface area contributed by atoms with Crippen LogP contribution in [0.1, 0.15) is 51.4 Å². The van der Waals surface area contributed by atoms with Gasteiger partial charge in [0.15, 0.2) is 0 Å². The largest absolute Gasteiger partial charge is 0.393 e. The highest BCUT2D eigenvalue weighted by Crippen LogP contribution is 2.37. The lowest BCUT2D eigenvalue weighted by atomic mass is 9.85. The van der Waals surface area contributed by atoms with Gasteiger partial charge in [-0.15, -0.1) is 0 Å². The van der Waals surface area contributed by atoms with E-state index in [2.05, 4.69) is 0 Å². The van der Waals surface area contributed by atoms with Crippen molar-refractivity contribution in [2.75, 3.05) is 6.61 Å². The van der Waals surface area contributed by atoms with Crippen LogP contribution in [0.2, 0.25) is 0 Å². The minimum absolute atomic E-state index is 0.0637. The Morgan fingerprint density at radius 2 is 1.77 bits per heavy atom. The zero-order valence-corrected chi connectivity index (χ0v) is 8.30. The molecular formula is C11H20O2. The Bertz CT molecular complexity index is 159. The van der Waals surface area contributed by atoms with Crippen LogP contribution in [-0.4, -0.2) is 23.4 Å². The van der Waals surface area contributed by atoms with Crippen LogP contribution in [0.3, 0.4) is 0 Å². The van der Waals surface area contributed by atoms with Crippen LogP contribution in [-0.2, 0) is 4.74 Å². The van der Waals surface area contributed by atoms with Gasteiger partial charge in [0.25, 0.3) is 0 Å². The van der Waals surface area contributed by atoms with Crippen LogP contribution < -0.4 is 0 Å². The predicted molar refractivity (Wildman–Crippen MR) is 51.6 cm³/mol. The van der Waals surface area contributed by atoms with Crippen molar-refractivity contribution in [3.05, 3.63) is 0 Å². The Balaban J connectivity index is 1.99. The van der Waals surface area contributed by atoms with Gasteiger partial charge < -0.3 is 9.84 Å². The Kier molecular flexibility index (Phi) is 2.89. The Labute approximate surface area is 80.3 Å². The minimum atomic E-state index is -0.105. The third-order valence-electron chi connectivity index (χ3n) is 3.48. The molecule has 1 heterocycles. The van der Waals surface area contributed by atoms with Crippen LogP contribution in [0.25, 0.3) is 0 Å². The van der Waals surface area contributed by atoms with E-state index in [1.165, 1.54) is 38.5 Å². The van der Waals surface area contributed by atoms with E-state index in [-0.39, 0.29) is 11.7 Å². The lowest BCUT2D eigenvalue weighted by Crippen LogP contribution is -2.41. The number of aliphatic hydroxyl groups is 1. The molecule has 1 unspecified atom stereocenters. The predicted octanol–water partition coefficient (Wildman–Crippen LogP) is 2.25. The smallest absolute Gasteiger partial charge is 0.0707 e. The second kappa shape index (κ2) is 3.97. The van der Waals surface area contributed by atoms with Gasteiger partial charge >= 0.3 is 0 Å². The zero-order valence-electron chi connectivity index (χ0n) is 8.30. The summed E-state index contributed by atoms with van der Waals surface area (Å²) < 4.78 is 5.90. The van der Waals surface area contributed by atoms with Crippen molar-refractivity contribution in [2.24, 2.45) is 0 Å². The van der Waals surface area contributed by atoms with Gasteiger partial charge in [-0.05, 0) is 19.3 Å². The molecule has 0 bridgehead atoms. The van der Waals surface area contributed by atoms with Crippen LogP contribution in [0.5, 0.6) is 0 Å². The van der Waals surface area contributed by atoms with Crippen LogP contribution in [0.4, 0.5) is 0 Å². The Morgan fingerprint density at radius 1 is 1.08 bits per heavy atom. The first-order valence-corrected chi connectivity index (χ1v) is 5.63. The molecular weight excluding hydrogens is 164 g/mol. The molecule has 0 radical (unpaired) electrons. The molecule has 76 valence electrons. The van der Waals surface area contributed by atoms with Gasteiger partial charge in [0, 0.05) is 13.0 Å². The molecule has 2 rings (SSSR count). The number of rotatable bonds is 0. The third kappa shape index (κ3) is 2.23. The van der Waals surface area contributed by atoms with Crippen molar-refractivity contribution in [3.8, 4) is 0 Å². The topological polar surface area (TPSA) is 29.5 Å². The molecule has 0 aromatic rings. The first-order chi connectivity index (χ1) is 6.31. The molecule has 13 heavy (non-hydrogen) atoms. The fourth-order valence-electron chi connectivity index (χ4n) is 2.72. The second-order valence-electron chi connectivity index (χ2n) is 4.59. The van der Waals surface area contributed by atoms with E-state index in [4.69, 9.17) is 4.74 Å². The molecule has 0 amide bonds. The summed E-state index contributed by atoms with van der Waals surface area (Å²) in [7, 11) is 0. The second-order valence-corrected chi connectivity index (χ2v) is 4.59. The summed E-state index contributed by atoms with van der Waals surface area (Å²) in [5, 5.41) is 9.64. The monoisotopic (exact) mass is 184 g/mol. The van der Waals surface area contributed by atoms with Gasteiger partial charge in [0.1, 0.15) is 0 Å². The van der Waals surface area contributed by atoms with E-state index < -0.39 is 0 Å². The molecule has 1 saturated carbocycles. The van der Waals surface area contributed by atoms with Crippen molar-refractivity contribution in [3.63, 3.8) is 0 Å². The lowest BCUT2D eigenvalue weighted by Gasteiger charge is -2.39. The summed E-state index contributed by atoms with van der Waals surface area (Å²) in [4.78, 5) is 0. The highest BCUT2D eigenvalue weighted by atomic mass is 16.5. The zero-order chi connectivity index (χ0) is 9.15. The Morgan fingerprint density at radius 3 is 2.38 bits per heavy atom. The first-order valence-electron chi connectivity index (χ1n) is 5.63. The highest BCUT2D eigenvalue weighted by molar-refractivity contribution is 4.88. The lowest BCUT2D eigenvalue weighted by molar-refractivity contribution is -0.125. The number of ether oxygens (including phenoxy) is 1. The molecule has 1 atom stereocenters. The van der Waals surface area contributed by atoms with E-state index in [1.807, 2.05) is 0 Å². The summed E-state index contributed by atoms with van der Waals surface area (Å²) in [6.45, 7) is 0.765. The SMILES string of the molecule is OC1CCOC2(CCCCCC2)C1.